The van der Waals surface area contributed by atoms with Crippen molar-refractivity contribution in [3.8, 4) is 0 Å². The average molecular weight is 279 g/mol. The Balaban J connectivity index is 1.59. The molecule has 1 amide bonds. The van der Waals surface area contributed by atoms with Crippen molar-refractivity contribution in [3.63, 3.8) is 0 Å². The highest BCUT2D eigenvalue weighted by molar-refractivity contribution is 5.78. The van der Waals surface area contributed by atoms with E-state index in [-0.39, 0.29) is 17.9 Å². The molecule has 4 nitrogen and oxygen atoms in total. The van der Waals surface area contributed by atoms with E-state index in [2.05, 4.69) is 6.92 Å². The second kappa shape index (κ2) is 5.38. The van der Waals surface area contributed by atoms with Crippen molar-refractivity contribution in [1.29, 1.82) is 0 Å². The molecule has 5 unspecified atom stereocenters. The SMILES string of the molecule is CC1CCC(C(=O)O)CN1C(=O)CC1CC2CCC1C2. The summed E-state index contributed by atoms with van der Waals surface area (Å²) in [4.78, 5) is 25.5. The Morgan fingerprint density at radius 1 is 1.15 bits per heavy atom. The van der Waals surface area contributed by atoms with Crippen LogP contribution in [0.2, 0.25) is 0 Å². The van der Waals surface area contributed by atoms with Crippen LogP contribution >= 0.6 is 0 Å². The van der Waals surface area contributed by atoms with E-state index in [1.807, 2.05) is 4.90 Å². The van der Waals surface area contributed by atoms with Gasteiger partial charge in [-0.05, 0) is 56.8 Å². The van der Waals surface area contributed by atoms with E-state index < -0.39 is 5.97 Å². The van der Waals surface area contributed by atoms with Gasteiger partial charge in [0.05, 0.1) is 5.92 Å². The number of likely N-dealkylation sites (tertiary alicyclic amines) is 1. The van der Waals surface area contributed by atoms with E-state index in [4.69, 9.17) is 5.11 Å². The Morgan fingerprint density at radius 2 is 1.95 bits per heavy atom. The summed E-state index contributed by atoms with van der Waals surface area (Å²) >= 11 is 0. The fourth-order valence-electron chi connectivity index (χ4n) is 4.62. The summed E-state index contributed by atoms with van der Waals surface area (Å²) in [6, 6.07) is 0.205. The lowest BCUT2D eigenvalue weighted by Crippen LogP contribution is -2.47. The van der Waals surface area contributed by atoms with Crippen molar-refractivity contribution < 1.29 is 14.7 Å². The third-order valence-electron chi connectivity index (χ3n) is 5.87. The monoisotopic (exact) mass is 279 g/mol. The lowest BCUT2D eigenvalue weighted by Gasteiger charge is -2.37. The number of carbonyl (C=O) groups is 2. The highest BCUT2D eigenvalue weighted by Crippen LogP contribution is 2.49. The summed E-state index contributed by atoms with van der Waals surface area (Å²) in [5, 5.41) is 9.16. The molecule has 0 aromatic carbocycles. The van der Waals surface area contributed by atoms with Gasteiger partial charge in [-0.2, -0.15) is 0 Å². The van der Waals surface area contributed by atoms with Gasteiger partial charge >= 0.3 is 5.97 Å². The first kappa shape index (κ1) is 13.9. The van der Waals surface area contributed by atoms with Crippen molar-refractivity contribution in [2.24, 2.45) is 23.7 Å². The van der Waals surface area contributed by atoms with E-state index in [0.29, 0.717) is 25.3 Å². The van der Waals surface area contributed by atoms with Gasteiger partial charge in [0.2, 0.25) is 5.91 Å². The van der Waals surface area contributed by atoms with Crippen LogP contribution in [-0.4, -0.2) is 34.5 Å². The number of hydrogen-bond donors (Lipinski definition) is 1. The van der Waals surface area contributed by atoms with Crippen molar-refractivity contribution in [3.05, 3.63) is 0 Å². The van der Waals surface area contributed by atoms with Crippen molar-refractivity contribution in [2.45, 2.75) is 57.9 Å². The van der Waals surface area contributed by atoms with E-state index in [1.165, 1.54) is 25.7 Å². The second-order valence-electron chi connectivity index (χ2n) is 7.15. The van der Waals surface area contributed by atoms with Gasteiger partial charge in [-0.3, -0.25) is 9.59 Å². The molecular formula is C16H25NO3. The maximum absolute atomic E-state index is 12.5. The molecule has 1 N–H and O–H groups in total. The highest BCUT2D eigenvalue weighted by Gasteiger charge is 2.41. The van der Waals surface area contributed by atoms with Gasteiger partial charge in [0, 0.05) is 19.0 Å². The summed E-state index contributed by atoms with van der Waals surface area (Å²) in [5.74, 6) is 1.27. The molecule has 2 bridgehead atoms. The minimum absolute atomic E-state index is 0.195. The molecule has 3 rings (SSSR count). The number of piperidine rings is 1. The van der Waals surface area contributed by atoms with Gasteiger partial charge in [-0.1, -0.05) is 6.42 Å². The number of carboxylic acid groups (broad SMARTS) is 1. The second-order valence-corrected chi connectivity index (χ2v) is 7.15. The minimum Gasteiger partial charge on any atom is -0.481 e. The molecule has 3 aliphatic rings. The Bertz CT molecular complexity index is 409. The molecule has 20 heavy (non-hydrogen) atoms. The third-order valence-corrected chi connectivity index (χ3v) is 5.87. The van der Waals surface area contributed by atoms with Crippen LogP contribution in [0, 0.1) is 23.7 Å². The zero-order valence-electron chi connectivity index (χ0n) is 12.3. The topological polar surface area (TPSA) is 57.6 Å². The zero-order chi connectivity index (χ0) is 14.3. The molecular weight excluding hydrogens is 254 g/mol. The number of aliphatic carboxylic acids is 1. The van der Waals surface area contributed by atoms with Gasteiger partial charge < -0.3 is 10.0 Å². The molecule has 0 aromatic rings. The van der Waals surface area contributed by atoms with Crippen LogP contribution in [0.4, 0.5) is 0 Å². The zero-order valence-corrected chi connectivity index (χ0v) is 12.3. The summed E-state index contributed by atoms with van der Waals surface area (Å²) < 4.78 is 0. The quantitative estimate of drug-likeness (QED) is 0.863. The van der Waals surface area contributed by atoms with Gasteiger partial charge in [0.25, 0.3) is 0 Å². The van der Waals surface area contributed by atoms with Gasteiger partial charge in [-0.25, -0.2) is 0 Å². The summed E-state index contributed by atoms with van der Waals surface area (Å²) in [5.41, 5.74) is 0. The Labute approximate surface area is 120 Å². The summed E-state index contributed by atoms with van der Waals surface area (Å²) in [6.07, 6.45) is 7.38. The van der Waals surface area contributed by atoms with E-state index >= 15 is 0 Å². The normalized spacial score (nSPS) is 40.0. The molecule has 4 heteroatoms. The molecule has 2 aliphatic carbocycles. The van der Waals surface area contributed by atoms with Crippen LogP contribution in [0.15, 0.2) is 0 Å². The number of rotatable bonds is 3. The number of amides is 1. The largest absolute Gasteiger partial charge is 0.481 e. The van der Waals surface area contributed by atoms with Crippen molar-refractivity contribution in [1.82, 2.24) is 4.90 Å². The summed E-state index contributed by atoms with van der Waals surface area (Å²) in [7, 11) is 0. The molecule has 1 saturated heterocycles. The average Bonchev–Trinajstić information content (AvgIpc) is 3.01. The lowest BCUT2D eigenvalue weighted by molar-refractivity contribution is -0.147. The Hall–Kier alpha value is -1.06. The number of carbonyl (C=O) groups excluding carboxylic acids is 1. The standard InChI is InChI=1S/C16H25NO3/c1-10-2-4-13(16(19)20)9-17(10)15(18)8-14-7-11-3-5-12(14)6-11/h10-14H,2-9H2,1H3,(H,19,20). The maximum atomic E-state index is 12.5. The molecule has 1 heterocycles. The Kier molecular flexibility index (Phi) is 3.74. The van der Waals surface area contributed by atoms with Crippen LogP contribution in [-0.2, 0) is 9.59 Å². The first-order valence-electron chi connectivity index (χ1n) is 8.07. The minimum atomic E-state index is -0.755. The Morgan fingerprint density at radius 3 is 2.55 bits per heavy atom. The summed E-state index contributed by atoms with van der Waals surface area (Å²) in [6.45, 7) is 2.47. The third kappa shape index (κ3) is 2.57. The smallest absolute Gasteiger partial charge is 0.308 e. The predicted molar refractivity (Wildman–Crippen MR) is 75.1 cm³/mol. The maximum Gasteiger partial charge on any atom is 0.308 e. The lowest BCUT2D eigenvalue weighted by atomic mass is 9.85. The number of hydrogen-bond acceptors (Lipinski definition) is 2. The van der Waals surface area contributed by atoms with Crippen LogP contribution in [0.3, 0.4) is 0 Å². The molecule has 0 radical (unpaired) electrons. The van der Waals surface area contributed by atoms with E-state index in [0.717, 1.165) is 18.3 Å². The van der Waals surface area contributed by atoms with Crippen molar-refractivity contribution in [2.75, 3.05) is 6.54 Å². The van der Waals surface area contributed by atoms with E-state index in [9.17, 15) is 9.59 Å². The van der Waals surface area contributed by atoms with Crippen LogP contribution in [0.1, 0.15) is 51.9 Å². The fourth-order valence-corrected chi connectivity index (χ4v) is 4.62. The van der Waals surface area contributed by atoms with Gasteiger partial charge in [0.1, 0.15) is 0 Å². The molecule has 2 saturated carbocycles. The number of nitrogens with zero attached hydrogens (tertiary/aromatic N) is 1. The number of carboxylic acids is 1. The molecule has 0 aromatic heterocycles. The fraction of sp³-hybridized carbons (Fsp3) is 0.875. The van der Waals surface area contributed by atoms with Crippen LogP contribution in [0.25, 0.3) is 0 Å². The first-order valence-corrected chi connectivity index (χ1v) is 8.07. The van der Waals surface area contributed by atoms with Crippen LogP contribution in [0.5, 0.6) is 0 Å². The highest BCUT2D eigenvalue weighted by atomic mass is 16.4. The van der Waals surface area contributed by atoms with Gasteiger partial charge in [-0.15, -0.1) is 0 Å². The van der Waals surface area contributed by atoms with E-state index in [1.54, 1.807) is 0 Å². The number of fused-ring (bicyclic) bond motifs is 2. The molecule has 5 atom stereocenters. The van der Waals surface area contributed by atoms with Crippen molar-refractivity contribution >= 4 is 11.9 Å². The predicted octanol–water partition coefficient (Wildman–Crippen LogP) is 2.52. The van der Waals surface area contributed by atoms with Gasteiger partial charge in [0.15, 0.2) is 0 Å². The first-order chi connectivity index (χ1) is 9.54. The van der Waals surface area contributed by atoms with Crippen LogP contribution < -0.4 is 0 Å². The molecule has 1 aliphatic heterocycles. The molecule has 0 spiro atoms. The molecule has 112 valence electrons. The molecule has 3 fully saturated rings.